The fourth-order valence-electron chi connectivity index (χ4n) is 4.53. The van der Waals surface area contributed by atoms with E-state index in [1.165, 1.54) is 23.1 Å². The number of carbonyl (C=O) groups is 2. The molecule has 1 fully saturated rings. The first kappa shape index (κ1) is 23.4. The van der Waals surface area contributed by atoms with Gasteiger partial charge in [0.1, 0.15) is 5.69 Å². The Balaban J connectivity index is 1.28. The highest BCUT2D eigenvalue weighted by atomic mass is 19.4. The van der Waals surface area contributed by atoms with Crippen molar-refractivity contribution in [3.63, 3.8) is 0 Å². The third kappa shape index (κ3) is 4.24. The van der Waals surface area contributed by atoms with Gasteiger partial charge in [-0.3, -0.25) is 9.59 Å². The summed E-state index contributed by atoms with van der Waals surface area (Å²) in [6, 6.07) is 15.5. The van der Waals surface area contributed by atoms with E-state index >= 15 is 0 Å². The zero-order valence-electron chi connectivity index (χ0n) is 19.0. The molecule has 1 saturated heterocycles. The zero-order chi connectivity index (χ0) is 25.4. The van der Waals surface area contributed by atoms with Crippen molar-refractivity contribution in [2.45, 2.75) is 12.7 Å². The van der Waals surface area contributed by atoms with Crippen LogP contribution in [-0.4, -0.2) is 47.9 Å². The van der Waals surface area contributed by atoms with Gasteiger partial charge in [-0.2, -0.15) is 18.4 Å². The molecular formula is C26H20F3N5O2. The summed E-state index contributed by atoms with van der Waals surface area (Å²) >= 11 is 0. The van der Waals surface area contributed by atoms with E-state index < -0.39 is 17.6 Å². The normalized spacial score (nSPS) is 15.6. The second-order valence-corrected chi connectivity index (χ2v) is 8.57. The van der Waals surface area contributed by atoms with Gasteiger partial charge >= 0.3 is 6.18 Å². The number of fused-ring (bicyclic) bond motifs is 1. The Kier molecular flexibility index (Phi) is 5.84. The molecule has 0 saturated carbocycles. The van der Waals surface area contributed by atoms with E-state index in [1.807, 2.05) is 17.0 Å². The number of nitrogens with zero attached hydrogens (tertiary/aromatic N) is 5. The molecule has 7 nitrogen and oxygen atoms in total. The van der Waals surface area contributed by atoms with Gasteiger partial charge < -0.3 is 14.7 Å². The van der Waals surface area contributed by atoms with Crippen molar-refractivity contribution in [1.29, 1.82) is 5.26 Å². The predicted octanol–water partition coefficient (Wildman–Crippen LogP) is 4.09. The lowest BCUT2D eigenvalue weighted by atomic mass is 10.1. The maximum absolute atomic E-state index is 13.3. The number of aromatic nitrogens is 1. The third-order valence-corrected chi connectivity index (χ3v) is 6.43. The molecule has 5 rings (SSSR count). The van der Waals surface area contributed by atoms with Gasteiger partial charge in [-0.05, 0) is 42.5 Å². The Morgan fingerprint density at radius 1 is 0.972 bits per heavy atom. The van der Waals surface area contributed by atoms with Crippen molar-refractivity contribution >= 4 is 23.2 Å². The lowest BCUT2D eigenvalue weighted by molar-refractivity contribution is -0.138. The summed E-state index contributed by atoms with van der Waals surface area (Å²) in [7, 11) is 0. The molecule has 2 amide bonds. The molecule has 182 valence electrons. The van der Waals surface area contributed by atoms with Crippen LogP contribution in [0, 0.1) is 11.3 Å². The first-order valence-corrected chi connectivity index (χ1v) is 11.3. The SMILES string of the molecule is N#Cc1ccc(N2Cc3cc(N4CCN(C(=O)c5ccccc5C(F)(F)F)CC4)cnc3C2=O)cc1. The van der Waals surface area contributed by atoms with E-state index in [0.717, 1.165) is 17.3 Å². The molecule has 0 unspecified atom stereocenters. The average molecular weight is 491 g/mol. The topological polar surface area (TPSA) is 80.5 Å². The third-order valence-electron chi connectivity index (χ3n) is 6.43. The highest BCUT2D eigenvalue weighted by Crippen LogP contribution is 2.33. The van der Waals surface area contributed by atoms with E-state index in [9.17, 15) is 22.8 Å². The molecule has 2 aliphatic heterocycles. The molecule has 0 spiro atoms. The minimum absolute atomic E-state index is 0.222. The van der Waals surface area contributed by atoms with Crippen LogP contribution < -0.4 is 9.80 Å². The monoisotopic (exact) mass is 491 g/mol. The van der Waals surface area contributed by atoms with E-state index in [-0.39, 0.29) is 24.6 Å². The molecule has 36 heavy (non-hydrogen) atoms. The van der Waals surface area contributed by atoms with Crippen molar-refractivity contribution in [3.8, 4) is 6.07 Å². The molecule has 1 aromatic heterocycles. The fourth-order valence-corrected chi connectivity index (χ4v) is 4.53. The molecule has 0 bridgehead atoms. The molecule has 0 atom stereocenters. The molecule has 0 N–H and O–H groups in total. The molecule has 2 aliphatic rings. The van der Waals surface area contributed by atoms with Crippen LogP contribution in [0.5, 0.6) is 0 Å². The van der Waals surface area contributed by atoms with Gasteiger partial charge in [0.2, 0.25) is 0 Å². The largest absolute Gasteiger partial charge is 0.417 e. The average Bonchev–Trinajstić information content (AvgIpc) is 3.23. The number of alkyl halides is 3. The van der Waals surface area contributed by atoms with Crippen molar-refractivity contribution in [1.82, 2.24) is 9.88 Å². The van der Waals surface area contributed by atoms with Gasteiger partial charge in [0.15, 0.2) is 0 Å². The lowest BCUT2D eigenvalue weighted by Crippen LogP contribution is -2.49. The summed E-state index contributed by atoms with van der Waals surface area (Å²) in [4.78, 5) is 35.1. The quantitative estimate of drug-likeness (QED) is 0.551. The number of benzene rings is 2. The fraction of sp³-hybridized carbons (Fsp3) is 0.231. The lowest BCUT2D eigenvalue weighted by Gasteiger charge is -2.36. The second-order valence-electron chi connectivity index (χ2n) is 8.57. The van der Waals surface area contributed by atoms with Crippen LogP contribution in [0.3, 0.4) is 0 Å². The number of piperazine rings is 1. The van der Waals surface area contributed by atoms with Crippen molar-refractivity contribution in [3.05, 3.63) is 88.7 Å². The Morgan fingerprint density at radius 3 is 2.33 bits per heavy atom. The summed E-state index contributed by atoms with van der Waals surface area (Å²) in [6.45, 7) is 1.71. The number of hydrogen-bond donors (Lipinski definition) is 0. The first-order valence-electron chi connectivity index (χ1n) is 11.3. The molecular weight excluding hydrogens is 471 g/mol. The first-order chi connectivity index (χ1) is 17.3. The van der Waals surface area contributed by atoms with Gasteiger partial charge in [0.25, 0.3) is 11.8 Å². The van der Waals surface area contributed by atoms with Gasteiger partial charge in [-0.25, -0.2) is 4.98 Å². The van der Waals surface area contributed by atoms with E-state index in [2.05, 4.69) is 4.98 Å². The highest BCUT2D eigenvalue weighted by Gasteiger charge is 2.36. The molecule has 0 radical (unpaired) electrons. The van der Waals surface area contributed by atoms with Crippen LogP contribution in [0.4, 0.5) is 24.5 Å². The molecule has 10 heteroatoms. The van der Waals surface area contributed by atoms with Crippen LogP contribution in [0.25, 0.3) is 0 Å². The van der Waals surface area contributed by atoms with Gasteiger partial charge in [-0.15, -0.1) is 0 Å². The standard InChI is InChI=1S/C26H20F3N5O2/c27-26(28,29)22-4-2-1-3-21(22)24(35)33-11-9-32(10-12-33)20-13-18-16-34(25(36)23(18)31-15-20)19-7-5-17(14-30)6-8-19/h1-8,13,15H,9-12,16H2. The van der Waals surface area contributed by atoms with Crippen molar-refractivity contribution in [2.24, 2.45) is 0 Å². The summed E-state index contributed by atoms with van der Waals surface area (Å²) in [5.74, 6) is -0.863. The van der Waals surface area contributed by atoms with E-state index in [0.29, 0.717) is 36.6 Å². The van der Waals surface area contributed by atoms with Gasteiger partial charge in [0, 0.05) is 37.4 Å². The van der Waals surface area contributed by atoms with Gasteiger partial charge in [0.05, 0.1) is 41.2 Å². The van der Waals surface area contributed by atoms with E-state index in [4.69, 9.17) is 5.26 Å². The summed E-state index contributed by atoms with van der Waals surface area (Å²) < 4.78 is 40.0. The summed E-state index contributed by atoms with van der Waals surface area (Å²) in [6.07, 6.45) is -3.00. The number of anilines is 2. The van der Waals surface area contributed by atoms with Gasteiger partial charge in [-0.1, -0.05) is 12.1 Å². The summed E-state index contributed by atoms with van der Waals surface area (Å²) in [5.41, 5.74) is 1.80. The molecule has 3 aromatic rings. The Bertz CT molecular complexity index is 1370. The van der Waals surface area contributed by atoms with Crippen LogP contribution in [-0.2, 0) is 12.7 Å². The number of hydrogen-bond acceptors (Lipinski definition) is 5. The minimum Gasteiger partial charge on any atom is -0.367 e. The molecule has 3 heterocycles. The number of halogens is 3. The van der Waals surface area contributed by atoms with Crippen molar-refractivity contribution in [2.75, 3.05) is 36.0 Å². The second kappa shape index (κ2) is 9.00. The number of pyridine rings is 1. The Morgan fingerprint density at radius 2 is 1.67 bits per heavy atom. The number of nitriles is 1. The number of carbonyl (C=O) groups excluding carboxylic acids is 2. The Hall–Kier alpha value is -4.39. The zero-order valence-corrected chi connectivity index (χ0v) is 19.0. The highest BCUT2D eigenvalue weighted by molar-refractivity contribution is 6.08. The smallest absolute Gasteiger partial charge is 0.367 e. The predicted molar refractivity (Wildman–Crippen MR) is 125 cm³/mol. The maximum Gasteiger partial charge on any atom is 0.417 e. The van der Waals surface area contributed by atoms with Crippen LogP contribution in [0.1, 0.15) is 37.5 Å². The number of rotatable bonds is 3. The molecule has 2 aromatic carbocycles. The van der Waals surface area contributed by atoms with Crippen LogP contribution in [0.2, 0.25) is 0 Å². The number of amides is 2. The summed E-state index contributed by atoms with van der Waals surface area (Å²) in [5, 5.41) is 8.98. The Labute approximate surface area is 205 Å². The van der Waals surface area contributed by atoms with Crippen LogP contribution in [0.15, 0.2) is 60.8 Å². The maximum atomic E-state index is 13.3. The van der Waals surface area contributed by atoms with E-state index in [1.54, 1.807) is 35.4 Å². The minimum atomic E-state index is -4.60. The van der Waals surface area contributed by atoms with Crippen LogP contribution >= 0.6 is 0 Å². The van der Waals surface area contributed by atoms with Crippen molar-refractivity contribution < 1.29 is 22.8 Å². The molecule has 0 aliphatic carbocycles.